The largest absolute Gasteiger partial charge is 0.332 e. The second-order valence-electron chi connectivity index (χ2n) is 4.98. The molecular formula is C14H14N4O2S2. The van der Waals surface area contributed by atoms with Gasteiger partial charge in [0.1, 0.15) is 0 Å². The molecule has 0 spiro atoms. The van der Waals surface area contributed by atoms with Crippen molar-refractivity contribution < 1.29 is 4.92 Å². The summed E-state index contributed by atoms with van der Waals surface area (Å²) in [6, 6.07) is 6.23. The number of hydrogen-bond acceptors (Lipinski definition) is 5. The number of nitro benzene ring substituents is 1. The molecule has 1 aliphatic rings. The molecule has 6 nitrogen and oxygen atoms in total. The van der Waals surface area contributed by atoms with Gasteiger partial charge in [-0.25, -0.2) is 4.98 Å². The minimum atomic E-state index is -0.434. The van der Waals surface area contributed by atoms with Crippen LogP contribution in [0.15, 0.2) is 24.3 Å². The molecule has 3 rings (SSSR count). The third-order valence-electron chi connectivity index (χ3n) is 3.38. The fraction of sp³-hybridized carbons (Fsp3) is 0.286. The van der Waals surface area contributed by atoms with Crippen molar-refractivity contribution in [1.29, 1.82) is 0 Å². The van der Waals surface area contributed by atoms with E-state index in [1.807, 2.05) is 0 Å². The van der Waals surface area contributed by atoms with Gasteiger partial charge in [0.15, 0.2) is 10.2 Å². The van der Waals surface area contributed by atoms with Crippen LogP contribution in [0.4, 0.5) is 16.5 Å². The van der Waals surface area contributed by atoms with Crippen LogP contribution in [0.1, 0.15) is 23.4 Å². The maximum Gasteiger partial charge on any atom is 0.271 e. The number of nitrogens with zero attached hydrogens (tertiary/aromatic N) is 2. The summed E-state index contributed by atoms with van der Waals surface area (Å²) in [5.41, 5.74) is 1.77. The van der Waals surface area contributed by atoms with E-state index in [9.17, 15) is 10.1 Å². The van der Waals surface area contributed by atoms with Gasteiger partial charge < -0.3 is 10.6 Å². The highest BCUT2D eigenvalue weighted by atomic mass is 32.1. The number of aryl methyl sites for hydroxylation is 2. The number of rotatable bonds is 3. The van der Waals surface area contributed by atoms with Crippen molar-refractivity contribution in [3.8, 4) is 0 Å². The predicted octanol–water partition coefficient (Wildman–Crippen LogP) is 3.74. The van der Waals surface area contributed by atoms with Crippen LogP contribution in [-0.4, -0.2) is 15.0 Å². The Morgan fingerprint density at radius 3 is 2.91 bits per heavy atom. The van der Waals surface area contributed by atoms with Gasteiger partial charge in [-0.15, -0.1) is 11.3 Å². The lowest BCUT2D eigenvalue weighted by Crippen LogP contribution is -2.19. The van der Waals surface area contributed by atoms with Gasteiger partial charge in [-0.2, -0.15) is 0 Å². The molecule has 0 bridgehead atoms. The van der Waals surface area contributed by atoms with Crippen molar-refractivity contribution >= 4 is 45.2 Å². The Kier molecular flexibility index (Phi) is 4.30. The van der Waals surface area contributed by atoms with Crippen molar-refractivity contribution in [3.63, 3.8) is 0 Å². The van der Waals surface area contributed by atoms with Crippen LogP contribution in [0.3, 0.4) is 0 Å². The Morgan fingerprint density at radius 2 is 2.14 bits per heavy atom. The van der Waals surface area contributed by atoms with Crippen molar-refractivity contribution in [2.24, 2.45) is 0 Å². The quantitative estimate of drug-likeness (QED) is 0.506. The number of aromatic nitrogens is 1. The fourth-order valence-corrected chi connectivity index (χ4v) is 3.70. The highest BCUT2D eigenvalue weighted by Gasteiger charge is 2.15. The first-order valence-corrected chi connectivity index (χ1v) is 8.15. The Balaban J connectivity index is 1.66. The lowest BCUT2D eigenvalue weighted by atomic mass is 10.0. The van der Waals surface area contributed by atoms with E-state index in [4.69, 9.17) is 12.2 Å². The van der Waals surface area contributed by atoms with Crippen LogP contribution >= 0.6 is 23.6 Å². The molecule has 8 heteroatoms. The van der Waals surface area contributed by atoms with E-state index >= 15 is 0 Å². The molecule has 0 radical (unpaired) electrons. The first-order valence-electron chi connectivity index (χ1n) is 6.93. The van der Waals surface area contributed by atoms with E-state index in [1.54, 1.807) is 23.5 Å². The zero-order valence-corrected chi connectivity index (χ0v) is 13.3. The average Bonchev–Trinajstić information content (AvgIpc) is 2.89. The summed E-state index contributed by atoms with van der Waals surface area (Å²) >= 11 is 6.87. The molecule has 2 aromatic rings. The number of fused-ring (bicyclic) bond motifs is 1. The van der Waals surface area contributed by atoms with Crippen molar-refractivity contribution in [3.05, 3.63) is 45.0 Å². The molecular weight excluding hydrogens is 320 g/mol. The van der Waals surface area contributed by atoms with Crippen LogP contribution in [0.25, 0.3) is 0 Å². The van der Waals surface area contributed by atoms with Crippen molar-refractivity contribution in [1.82, 2.24) is 4.98 Å². The second kappa shape index (κ2) is 6.37. The van der Waals surface area contributed by atoms with Gasteiger partial charge in [-0.3, -0.25) is 10.1 Å². The van der Waals surface area contributed by atoms with E-state index in [1.165, 1.54) is 29.9 Å². The van der Waals surface area contributed by atoms with Crippen LogP contribution in [0.2, 0.25) is 0 Å². The number of non-ortho nitro benzene ring substituents is 1. The van der Waals surface area contributed by atoms with Crippen LogP contribution in [-0.2, 0) is 12.8 Å². The molecule has 2 N–H and O–H groups in total. The summed E-state index contributed by atoms with van der Waals surface area (Å²) in [6.45, 7) is 0. The molecule has 0 amide bonds. The molecule has 1 heterocycles. The number of thiazole rings is 1. The first-order chi connectivity index (χ1) is 10.6. The molecule has 0 saturated carbocycles. The normalized spacial score (nSPS) is 13.3. The summed E-state index contributed by atoms with van der Waals surface area (Å²) < 4.78 is 0. The monoisotopic (exact) mass is 334 g/mol. The molecule has 1 aromatic carbocycles. The Hall–Kier alpha value is -2.06. The molecule has 1 aromatic heterocycles. The summed E-state index contributed by atoms with van der Waals surface area (Å²) in [5.74, 6) is 0. The van der Waals surface area contributed by atoms with E-state index in [0.717, 1.165) is 23.7 Å². The van der Waals surface area contributed by atoms with E-state index in [-0.39, 0.29) is 5.69 Å². The summed E-state index contributed by atoms with van der Waals surface area (Å²) in [4.78, 5) is 16.2. The Labute approximate surface area is 136 Å². The fourth-order valence-electron chi connectivity index (χ4n) is 2.36. The zero-order valence-electron chi connectivity index (χ0n) is 11.7. The number of nitrogens with one attached hydrogen (secondary N) is 2. The lowest BCUT2D eigenvalue weighted by Gasteiger charge is -2.07. The molecule has 0 fully saturated rings. The number of hydrogen-bond donors (Lipinski definition) is 2. The third kappa shape index (κ3) is 3.40. The standard InChI is InChI=1S/C14H14N4O2S2/c19-18(20)10-5-3-4-9(8-10)15-13(21)17-14-16-11-6-1-2-7-12(11)22-14/h3-5,8H,1-2,6-7H2,(H2,15,16,17,21). The molecule has 0 saturated heterocycles. The highest BCUT2D eigenvalue weighted by Crippen LogP contribution is 2.29. The first kappa shape index (κ1) is 14.9. The second-order valence-corrected chi connectivity index (χ2v) is 6.47. The van der Waals surface area contributed by atoms with E-state index in [0.29, 0.717) is 10.8 Å². The summed E-state index contributed by atoms with van der Waals surface area (Å²) in [7, 11) is 0. The molecule has 22 heavy (non-hydrogen) atoms. The predicted molar refractivity (Wildman–Crippen MR) is 91.7 cm³/mol. The molecule has 0 atom stereocenters. The van der Waals surface area contributed by atoms with Crippen LogP contribution < -0.4 is 10.6 Å². The molecule has 0 unspecified atom stereocenters. The zero-order chi connectivity index (χ0) is 15.5. The SMILES string of the molecule is O=[N+]([O-])c1cccc(NC(=S)Nc2nc3c(s2)CCCC3)c1. The van der Waals surface area contributed by atoms with Gasteiger partial charge in [-0.05, 0) is 44.0 Å². The smallest absolute Gasteiger partial charge is 0.271 e. The highest BCUT2D eigenvalue weighted by molar-refractivity contribution is 7.80. The maximum absolute atomic E-state index is 10.8. The summed E-state index contributed by atoms with van der Waals surface area (Å²) in [5, 5.41) is 17.9. The number of thiocarbonyl (C=S) groups is 1. The van der Waals surface area contributed by atoms with Crippen LogP contribution in [0, 0.1) is 10.1 Å². The van der Waals surface area contributed by atoms with Gasteiger partial charge in [0.05, 0.1) is 10.6 Å². The van der Waals surface area contributed by atoms with Crippen molar-refractivity contribution in [2.45, 2.75) is 25.7 Å². The Bertz CT molecular complexity index is 706. The lowest BCUT2D eigenvalue weighted by molar-refractivity contribution is -0.384. The van der Waals surface area contributed by atoms with Gasteiger partial charge in [0, 0.05) is 22.7 Å². The van der Waals surface area contributed by atoms with Gasteiger partial charge >= 0.3 is 0 Å². The molecule has 114 valence electrons. The molecule has 1 aliphatic carbocycles. The van der Waals surface area contributed by atoms with Gasteiger partial charge in [-0.1, -0.05) is 6.07 Å². The van der Waals surface area contributed by atoms with Gasteiger partial charge in [0.25, 0.3) is 5.69 Å². The maximum atomic E-state index is 10.8. The third-order valence-corrected chi connectivity index (χ3v) is 4.66. The number of benzene rings is 1. The Morgan fingerprint density at radius 1 is 1.32 bits per heavy atom. The van der Waals surface area contributed by atoms with Crippen molar-refractivity contribution in [2.75, 3.05) is 10.6 Å². The van der Waals surface area contributed by atoms with Gasteiger partial charge in [0.2, 0.25) is 0 Å². The molecule has 0 aliphatic heterocycles. The average molecular weight is 334 g/mol. The topological polar surface area (TPSA) is 80.1 Å². The number of anilines is 2. The van der Waals surface area contributed by atoms with E-state index in [2.05, 4.69) is 15.6 Å². The van der Waals surface area contributed by atoms with Crippen LogP contribution in [0.5, 0.6) is 0 Å². The minimum absolute atomic E-state index is 0.0255. The number of nitro groups is 1. The summed E-state index contributed by atoms with van der Waals surface area (Å²) in [6.07, 6.45) is 4.51. The minimum Gasteiger partial charge on any atom is -0.332 e. The van der Waals surface area contributed by atoms with E-state index < -0.39 is 4.92 Å².